The maximum atomic E-state index is 11.9. The number of hydrogen-bond acceptors (Lipinski definition) is 4. The summed E-state index contributed by atoms with van der Waals surface area (Å²) in [5.74, 6) is 0.784. The molecule has 3 rings (SSSR count). The maximum absolute atomic E-state index is 11.9. The topological polar surface area (TPSA) is 79.2 Å². The number of aliphatic hydroxyl groups is 1. The molecule has 0 aromatic heterocycles. The van der Waals surface area contributed by atoms with Crippen LogP contribution in [0.4, 0.5) is 4.79 Å². The van der Waals surface area contributed by atoms with Crippen molar-refractivity contribution in [2.75, 3.05) is 20.3 Å². The minimum atomic E-state index is -0.972. The smallest absolute Gasteiger partial charge is 0.407 e. The lowest BCUT2D eigenvalue weighted by atomic mass is 9.85. The Morgan fingerprint density at radius 2 is 1.86 bits per heavy atom. The Bertz CT molecular complexity index is 764. The lowest BCUT2D eigenvalue weighted by Gasteiger charge is -2.36. The number of carboxylic acid groups (broad SMARTS) is 1. The highest BCUT2D eigenvalue weighted by atomic mass is 16.5. The van der Waals surface area contributed by atoms with Crippen molar-refractivity contribution >= 4 is 6.09 Å². The van der Waals surface area contributed by atoms with Gasteiger partial charge in [-0.25, -0.2) is 4.79 Å². The van der Waals surface area contributed by atoms with E-state index in [-0.39, 0.29) is 12.7 Å². The molecule has 2 aromatic carbocycles. The van der Waals surface area contributed by atoms with Crippen LogP contribution in [0.5, 0.6) is 5.75 Å². The second-order valence-corrected chi connectivity index (χ2v) is 7.24. The Hall–Kier alpha value is -2.57. The molecule has 2 atom stereocenters. The van der Waals surface area contributed by atoms with E-state index in [0.29, 0.717) is 32.4 Å². The van der Waals surface area contributed by atoms with Crippen LogP contribution in [0, 0.1) is 0 Å². The standard InChI is InChI=1S/C22H27NO5/c1-27-19-9-7-18(8-10-19)16-28-20-14-22(11-12-24,23(15-20)21(25)26)13-17-5-3-2-4-6-17/h2-10,20,24H,11-16H2,1H3,(H,25,26)/t20-,22+/m1/s1. The fourth-order valence-electron chi connectivity index (χ4n) is 4.00. The van der Waals surface area contributed by atoms with Gasteiger partial charge in [-0.3, -0.25) is 4.90 Å². The van der Waals surface area contributed by atoms with Crippen LogP contribution in [0.1, 0.15) is 24.0 Å². The molecule has 2 aromatic rings. The first kappa shape index (κ1) is 20.2. The predicted octanol–water partition coefficient (Wildman–Crippen LogP) is 3.33. The zero-order valence-electron chi connectivity index (χ0n) is 16.1. The normalized spacial score (nSPS) is 21.6. The van der Waals surface area contributed by atoms with Crippen LogP contribution < -0.4 is 4.74 Å². The quantitative estimate of drug-likeness (QED) is 0.729. The molecule has 1 saturated heterocycles. The lowest BCUT2D eigenvalue weighted by Crippen LogP contribution is -2.49. The monoisotopic (exact) mass is 385 g/mol. The van der Waals surface area contributed by atoms with Gasteiger partial charge in [-0.2, -0.15) is 0 Å². The summed E-state index contributed by atoms with van der Waals surface area (Å²) in [5.41, 5.74) is 1.40. The first-order valence-electron chi connectivity index (χ1n) is 9.46. The van der Waals surface area contributed by atoms with Gasteiger partial charge in [0.25, 0.3) is 0 Å². The summed E-state index contributed by atoms with van der Waals surface area (Å²) in [6.07, 6.45) is 0.318. The van der Waals surface area contributed by atoms with Crippen LogP contribution in [0.3, 0.4) is 0 Å². The zero-order valence-corrected chi connectivity index (χ0v) is 16.1. The second-order valence-electron chi connectivity index (χ2n) is 7.24. The number of hydrogen-bond donors (Lipinski definition) is 2. The Morgan fingerprint density at radius 1 is 1.14 bits per heavy atom. The number of carbonyl (C=O) groups is 1. The molecule has 28 heavy (non-hydrogen) atoms. The van der Waals surface area contributed by atoms with E-state index in [0.717, 1.165) is 16.9 Å². The fourth-order valence-corrected chi connectivity index (χ4v) is 4.00. The lowest BCUT2D eigenvalue weighted by molar-refractivity contribution is 0.0461. The Morgan fingerprint density at radius 3 is 2.46 bits per heavy atom. The Labute approximate surface area is 165 Å². The first-order valence-corrected chi connectivity index (χ1v) is 9.46. The van der Waals surface area contributed by atoms with Gasteiger partial charge in [-0.1, -0.05) is 42.5 Å². The van der Waals surface area contributed by atoms with Gasteiger partial charge in [0.2, 0.25) is 0 Å². The van der Waals surface area contributed by atoms with Crippen molar-refractivity contribution in [3.63, 3.8) is 0 Å². The van der Waals surface area contributed by atoms with E-state index in [4.69, 9.17) is 9.47 Å². The second kappa shape index (κ2) is 9.08. The third-order valence-corrected chi connectivity index (χ3v) is 5.40. The highest BCUT2D eigenvalue weighted by Crippen LogP contribution is 2.37. The van der Waals surface area contributed by atoms with E-state index in [1.165, 1.54) is 4.90 Å². The van der Waals surface area contributed by atoms with Gasteiger partial charge in [-0.15, -0.1) is 0 Å². The molecule has 1 amide bonds. The molecule has 2 N–H and O–H groups in total. The summed E-state index contributed by atoms with van der Waals surface area (Å²) < 4.78 is 11.2. The largest absolute Gasteiger partial charge is 0.497 e. The van der Waals surface area contributed by atoms with Gasteiger partial charge in [0, 0.05) is 6.61 Å². The number of ether oxygens (including phenoxy) is 2. The number of nitrogens with zero attached hydrogens (tertiary/aromatic N) is 1. The van der Waals surface area contributed by atoms with Gasteiger partial charge in [0.15, 0.2) is 0 Å². The molecule has 0 unspecified atom stereocenters. The summed E-state index contributed by atoms with van der Waals surface area (Å²) in [7, 11) is 1.62. The maximum Gasteiger partial charge on any atom is 0.407 e. The summed E-state index contributed by atoms with van der Waals surface area (Å²) in [6, 6.07) is 17.4. The minimum Gasteiger partial charge on any atom is -0.497 e. The molecular weight excluding hydrogens is 358 g/mol. The number of amides is 1. The summed E-state index contributed by atoms with van der Waals surface area (Å²) >= 11 is 0. The Balaban J connectivity index is 1.72. The number of likely N-dealkylation sites (tertiary alicyclic amines) is 1. The molecule has 0 saturated carbocycles. The molecule has 1 aliphatic heterocycles. The van der Waals surface area contributed by atoms with Crippen molar-refractivity contribution in [2.45, 2.75) is 37.5 Å². The molecular formula is C22H27NO5. The van der Waals surface area contributed by atoms with Crippen LogP contribution in [-0.4, -0.2) is 53.1 Å². The van der Waals surface area contributed by atoms with Crippen LogP contribution in [0.2, 0.25) is 0 Å². The average molecular weight is 385 g/mol. The van der Waals surface area contributed by atoms with Crippen molar-refractivity contribution in [2.24, 2.45) is 0 Å². The van der Waals surface area contributed by atoms with E-state index < -0.39 is 11.6 Å². The van der Waals surface area contributed by atoms with Crippen molar-refractivity contribution in [1.29, 1.82) is 0 Å². The van der Waals surface area contributed by atoms with Crippen molar-refractivity contribution in [3.05, 3.63) is 65.7 Å². The van der Waals surface area contributed by atoms with Crippen molar-refractivity contribution in [1.82, 2.24) is 4.90 Å². The molecule has 150 valence electrons. The van der Waals surface area contributed by atoms with Gasteiger partial charge >= 0.3 is 6.09 Å². The molecule has 0 radical (unpaired) electrons. The molecule has 6 heteroatoms. The van der Waals surface area contributed by atoms with Crippen molar-refractivity contribution in [3.8, 4) is 5.75 Å². The molecule has 0 bridgehead atoms. The molecule has 6 nitrogen and oxygen atoms in total. The van der Waals surface area contributed by atoms with E-state index in [9.17, 15) is 15.0 Å². The number of aliphatic hydroxyl groups excluding tert-OH is 1. The third kappa shape index (κ3) is 4.64. The van der Waals surface area contributed by atoms with Gasteiger partial charge in [0.1, 0.15) is 5.75 Å². The minimum absolute atomic E-state index is 0.0676. The van der Waals surface area contributed by atoms with E-state index >= 15 is 0 Å². The van der Waals surface area contributed by atoms with Crippen LogP contribution in [0.25, 0.3) is 0 Å². The van der Waals surface area contributed by atoms with Crippen LogP contribution in [0.15, 0.2) is 54.6 Å². The molecule has 0 spiro atoms. The zero-order chi connectivity index (χ0) is 20.0. The van der Waals surface area contributed by atoms with E-state index in [1.807, 2.05) is 54.6 Å². The summed E-state index contributed by atoms with van der Waals surface area (Å²) in [4.78, 5) is 13.4. The summed E-state index contributed by atoms with van der Waals surface area (Å²) in [5, 5.41) is 19.4. The number of methoxy groups -OCH3 is 1. The SMILES string of the molecule is COc1ccc(CO[C@H]2CN(C(=O)O)[C@@](CCO)(Cc3ccccc3)C2)cc1. The highest BCUT2D eigenvalue weighted by Gasteiger charge is 2.48. The highest BCUT2D eigenvalue weighted by molar-refractivity contribution is 5.67. The number of benzene rings is 2. The summed E-state index contributed by atoms with van der Waals surface area (Å²) in [6.45, 7) is 0.642. The Kier molecular flexibility index (Phi) is 6.54. The molecule has 1 fully saturated rings. The average Bonchev–Trinajstić information content (AvgIpc) is 3.06. The fraction of sp³-hybridized carbons (Fsp3) is 0.409. The van der Waals surface area contributed by atoms with Gasteiger partial charge in [0.05, 0.1) is 31.9 Å². The van der Waals surface area contributed by atoms with E-state index in [2.05, 4.69) is 0 Å². The van der Waals surface area contributed by atoms with Gasteiger partial charge < -0.3 is 19.7 Å². The van der Waals surface area contributed by atoms with Crippen LogP contribution in [-0.2, 0) is 17.8 Å². The molecule has 1 heterocycles. The first-order chi connectivity index (χ1) is 13.6. The predicted molar refractivity (Wildman–Crippen MR) is 105 cm³/mol. The molecule has 1 aliphatic rings. The molecule has 0 aliphatic carbocycles. The van der Waals surface area contributed by atoms with Crippen molar-refractivity contribution < 1.29 is 24.5 Å². The number of rotatable bonds is 8. The van der Waals surface area contributed by atoms with Gasteiger partial charge in [-0.05, 0) is 42.5 Å². The van der Waals surface area contributed by atoms with Crippen LogP contribution >= 0.6 is 0 Å². The van der Waals surface area contributed by atoms with E-state index in [1.54, 1.807) is 7.11 Å². The third-order valence-electron chi connectivity index (χ3n) is 5.40.